The molecular formula is C13H15Cl3N4O2S. The zero-order chi connectivity index (χ0) is 17.6. The minimum atomic E-state index is -1.80. The molecule has 0 spiro atoms. The summed E-state index contributed by atoms with van der Waals surface area (Å²) in [4.78, 5) is 22.2. The number of alkyl halides is 3. The Balaban J connectivity index is 2.74. The predicted molar refractivity (Wildman–Crippen MR) is 98.0 cm³/mol. The summed E-state index contributed by atoms with van der Waals surface area (Å²) in [5.74, 6) is -0.575. The predicted octanol–water partition coefficient (Wildman–Crippen LogP) is 2.76. The number of anilines is 2. The van der Waals surface area contributed by atoms with Crippen LogP contribution in [0, 0.1) is 0 Å². The molecule has 4 N–H and O–H groups in total. The Bertz CT molecular complexity index is 607. The van der Waals surface area contributed by atoms with E-state index in [9.17, 15) is 9.59 Å². The van der Waals surface area contributed by atoms with Crippen LogP contribution in [0.2, 0.25) is 0 Å². The largest absolute Gasteiger partial charge is 0.339 e. The van der Waals surface area contributed by atoms with Crippen LogP contribution in [0.15, 0.2) is 24.3 Å². The highest BCUT2D eigenvalue weighted by molar-refractivity contribution is 7.80. The number of thiocarbonyl (C=S) groups is 1. The van der Waals surface area contributed by atoms with Gasteiger partial charge in [0.25, 0.3) is 0 Å². The highest BCUT2D eigenvalue weighted by Crippen LogP contribution is 2.29. The first kappa shape index (κ1) is 19.8. The van der Waals surface area contributed by atoms with Gasteiger partial charge in [0, 0.05) is 25.2 Å². The number of carbonyl (C=O) groups excluding carboxylic acids is 2. The third-order valence-electron chi connectivity index (χ3n) is 2.39. The molecule has 0 aromatic heterocycles. The first-order valence-corrected chi connectivity index (χ1v) is 7.91. The maximum absolute atomic E-state index is 11.2. The van der Waals surface area contributed by atoms with E-state index in [-0.39, 0.29) is 16.9 Å². The molecule has 1 aromatic rings. The molecule has 10 heteroatoms. The van der Waals surface area contributed by atoms with Gasteiger partial charge < -0.3 is 21.3 Å². The number of hydrogen-bond acceptors (Lipinski definition) is 3. The molecule has 0 aliphatic heterocycles. The summed E-state index contributed by atoms with van der Waals surface area (Å²) in [7, 11) is 0. The number of nitrogens with one attached hydrogen (secondary N) is 4. The molecule has 0 saturated heterocycles. The maximum Gasteiger partial charge on any atom is 0.228 e. The summed E-state index contributed by atoms with van der Waals surface area (Å²) in [5.41, 5.74) is 1.21. The molecule has 6 nitrogen and oxygen atoms in total. The lowest BCUT2D eigenvalue weighted by molar-refractivity contribution is -0.119. The van der Waals surface area contributed by atoms with E-state index in [2.05, 4.69) is 21.3 Å². The third kappa shape index (κ3) is 7.69. The zero-order valence-corrected chi connectivity index (χ0v) is 15.3. The molecule has 0 saturated carbocycles. The second-order valence-electron chi connectivity index (χ2n) is 4.54. The highest BCUT2D eigenvalue weighted by atomic mass is 35.6. The smallest absolute Gasteiger partial charge is 0.228 e. The van der Waals surface area contributed by atoms with Crippen LogP contribution in [-0.2, 0) is 9.59 Å². The van der Waals surface area contributed by atoms with E-state index in [1.165, 1.54) is 13.8 Å². The lowest BCUT2D eigenvalue weighted by atomic mass is 10.3. The number of benzene rings is 1. The average Bonchev–Trinajstić information content (AvgIpc) is 2.35. The highest BCUT2D eigenvalue weighted by Gasteiger charge is 2.33. The van der Waals surface area contributed by atoms with Crippen LogP contribution in [-0.4, -0.2) is 26.9 Å². The van der Waals surface area contributed by atoms with Gasteiger partial charge in [-0.25, -0.2) is 0 Å². The van der Waals surface area contributed by atoms with Crippen LogP contribution in [0.4, 0.5) is 11.4 Å². The second-order valence-corrected chi connectivity index (χ2v) is 7.31. The molecule has 0 aliphatic rings. The van der Waals surface area contributed by atoms with Gasteiger partial charge in [0.1, 0.15) is 6.17 Å². The minimum Gasteiger partial charge on any atom is -0.339 e. The Kier molecular flexibility index (Phi) is 7.34. The van der Waals surface area contributed by atoms with Gasteiger partial charge >= 0.3 is 0 Å². The third-order valence-corrected chi connectivity index (χ3v) is 3.27. The molecule has 0 unspecified atom stereocenters. The SMILES string of the molecule is CC(=O)Nc1cccc(NC(=S)N[C@H](NC(C)=O)C(Cl)(Cl)Cl)c1. The summed E-state index contributed by atoms with van der Waals surface area (Å²) in [6.07, 6.45) is -1.01. The van der Waals surface area contributed by atoms with Crippen molar-refractivity contribution < 1.29 is 9.59 Å². The van der Waals surface area contributed by atoms with Gasteiger partial charge in [0.15, 0.2) is 5.11 Å². The van der Waals surface area contributed by atoms with Gasteiger partial charge in [-0.15, -0.1) is 0 Å². The number of hydrogen-bond donors (Lipinski definition) is 4. The van der Waals surface area contributed by atoms with Crippen LogP contribution in [0.1, 0.15) is 13.8 Å². The molecule has 0 aliphatic carbocycles. The van der Waals surface area contributed by atoms with E-state index < -0.39 is 9.96 Å². The summed E-state index contributed by atoms with van der Waals surface area (Å²) >= 11 is 22.5. The van der Waals surface area contributed by atoms with Crippen molar-refractivity contribution in [2.45, 2.75) is 23.8 Å². The molecule has 0 fully saturated rings. The van der Waals surface area contributed by atoms with Crippen molar-refractivity contribution in [3.63, 3.8) is 0 Å². The van der Waals surface area contributed by atoms with Gasteiger partial charge in [-0.3, -0.25) is 9.59 Å². The fraction of sp³-hybridized carbons (Fsp3) is 0.308. The Morgan fingerprint density at radius 1 is 1.04 bits per heavy atom. The Labute approximate surface area is 154 Å². The summed E-state index contributed by atoms with van der Waals surface area (Å²) in [5, 5.41) is 10.8. The van der Waals surface area contributed by atoms with Crippen LogP contribution < -0.4 is 21.3 Å². The lowest BCUT2D eigenvalue weighted by Crippen LogP contribution is -2.55. The van der Waals surface area contributed by atoms with Crippen molar-refractivity contribution in [1.29, 1.82) is 0 Å². The van der Waals surface area contributed by atoms with Gasteiger partial charge in [-0.1, -0.05) is 40.9 Å². The molecule has 0 bridgehead atoms. The van der Waals surface area contributed by atoms with Crippen LogP contribution >= 0.6 is 47.0 Å². The van der Waals surface area contributed by atoms with E-state index in [1.807, 2.05) is 0 Å². The zero-order valence-electron chi connectivity index (χ0n) is 12.2. The van der Waals surface area contributed by atoms with Crippen molar-refractivity contribution in [1.82, 2.24) is 10.6 Å². The van der Waals surface area contributed by atoms with E-state index in [0.29, 0.717) is 11.4 Å². The Hall–Kier alpha value is -1.28. The van der Waals surface area contributed by atoms with Crippen molar-refractivity contribution in [3.05, 3.63) is 24.3 Å². The summed E-state index contributed by atoms with van der Waals surface area (Å²) in [6.45, 7) is 2.70. The molecule has 126 valence electrons. The first-order chi connectivity index (χ1) is 10.6. The Morgan fingerprint density at radius 2 is 1.61 bits per heavy atom. The Morgan fingerprint density at radius 3 is 2.09 bits per heavy atom. The molecule has 1 atom stereocenters. The van der Waals surface area contributed by atoms with Gasteiger partial charge in [-0.05, 0) is 30.4 Å². The van der Waals surface area contributed by atoms with Crippen LogP contribution in [0.25, 0.3) is 0 Å². The molecular weight excluding hydrogens is 383 g/mol. The topological polar surface area (TPSA) is 82.3 Å². The van der Waals surface area contributed by atoms with Crippen molar-refractivity contribution in [3.8, 4) is 0 Å². The summed E-state index contributed by atoms with van der Waals surface area (Å²) < 4.78 is -1.80. The molecule has 23 heavy (non-hydrogen) atoms. The van der Waals surface area contributed by atoms with E-state index in [1.54, 1.807) is 24.3 Å². The van der Waals surface area contributed by atoms with Gasteiger partial charge in [0.2, 0.25) is 15.6 Å². The number of carbonyl (C=O) groups is 2. The standard InChI is InChI=1S/C13H15Cl3N4O2S/c1-7(21)17-9-4-3-5-10(6-9)19-12(23)20-11(13(14,15)16)18-8(2)22/h3-6,11H,1-2H3,(H,17,21)(H,18,22)(H2,19,20,23)/t11-/m0/s1. The summed E-state index contributed by atoms with van der Waals surface area (Å²) in [6, 6.07) is 6.88. The molecule has 2 amide bonds. The molecule has 0 radical (unpaired) electrons. The van der Waals surface area contributed by atoms with E-state index in [4.69, 9.17) is 47.0 Å². The number of halogens is 3. The second kappa shape index (κ2) is 8.54. The fourth-order valence-electron chi connectivity index (χ4n) is 1.58. The van der Waals surface area contributed by atoms with Crippen LogP contribution in [0.5, 0.6) is 0 Å². The molecule has 0 heterocycles. The van der Waals surface area contributed by atoms with Gasteiger partial charge in [0.05, 0.1) is 0 Å². The number of rotatable bonds is 4. The van der Waals surface area contributed by atoms with Crippen molar-refractivity contribution in [2.75, 3.05) is 10.6 Å². The normalized spacial score (nSPS) is 12.0. The number of amides is 2. The monoisotopic (exact) mass is 396 g/mol. The molecule has 1 aromatic carbocycles. The lowest BCUT2D eigenvalue weighted by Gasteiger charge is -2.27. The minimum absolute atomic E-state index is 0.134. The van der Waals surface area contributed by atoms with Gasteiger partial charge in [-0.2, -0.15) is 0 Å². The fourth-order valence-corrected chi connectivity index (χ4v) is 2.14. The van der Waals surface area contributed by atoms with E-state index >= 15 is 0 Å². The first-order valence-electron chi connectivity index (χ1n) is 6.37. The average molecular weight is 398 g/mol. The van der Waals surface area contributed by atoms with Crippen molar-refractivity contribution in [2.24, 2.45) is 0 Å². The van der Waals surface area contributed by atoms with Crippen molar-refractivity contribution >= 4 is 75.3 Å². The maximum atomic E-state index is 11.2. The quantitative estimate of drug-likeness (QED) is 0.357. The van der Waals surface area contributed by atoms with Crippen LogP contribution in [0.3, 0.4) is 0 Å². The van der Waals surface area contributed by atoms with E-state index in [0.717, 1.165) is 0 Å². The molecule has 1 rings (SSSR count).